The number of carbonyl (C=O) groups is 3. The van der Waals surface area contributed by atoms with Gasteiger partial charge in [-0.3, -0.25) is 9.59 Å². The number of amides is 2. The molecule has 2 aromatic carbocycles. The molecule has 2 N–H and O–H groups in total. The summed E-state index contributed by atoms with van der Waals surface area (Å²) in [6, 6.07) is 12.1. The molecule has 0 aliphatic carbocycles. The van der Waals surface area contributed by atoms with Crippen LogP contribution >= 0.6 is 0 Å². The van der Waals surface area contributed by atoms with Crippen LogP contribution in [0.4, 0.5) is 11.4 Å². The van der Waals surface area contributed by atoms with Crippen molar-refractivity contribution in [3.05, 3.63) is 59.2 Å². The van der Waals surface area contributed by atoms with Crippen molar-refractivity contribution in [2.24, 2.45) is 5.92 Å². The molecule has 0 aromatic heterocycles. The lowest BCUT2D eigenvalue weighted by atomic mass is 10.1. The van der Waals surface area contributed by atoms with Crippen LogP contribution in [0.3, 0.4) is 0 Å². The highest BCUT2D eigenvalue weighted by atomic mass is 16.5. The van der Waals surface area contributed by atoms with E-state index in [1.165, 1.54) is 7.11 Å². The summed E-state index contributed by atoms with van der Waals surface area (Å²) in [5.74, 6) is -0.990. The van der Waals surface area contributed by atoms with Gasteiger partial charge in [0.25, 0.3) is 5.91 Å². The third-order valence-electron chi connectivity index (χ3n) is 4.32. The van der Waals surface area contributed by atoms with Crippen LogP contribution in [0.5, 0.6) is 0 Å². The zero-order valence-corrected chi connectivity index (χ0v) is 17.4. The van der Waals surface area contributed by atoms with Crippen molar-refractivity contribution >= 4 is 29.2 Å². The Labute approximate surface area is 171 Å². The van der Waals surface area contributed by atoms with Crippen molar-refractivity contribution in [1.29, 1.82) is 0 Å². The zero-order chi connectivity index (χ0) is 21.6. The van der Waals surface area contributed by atoms with E-state index in [1.54, 1.807) is 50.2 Å². The molecule has 0 heterocycles. The lowest BCUT2D eigenvalue weighted by Gasteiger charge is -2.19. The first-order chi connectivity index (χ1) is 13.7. The Morgan fingerprint density at radius 1 is 1.07 bits per heavy atom. The smallest absolute Gasteiger partial charge is 0.337 e. The second-order valence-electron chi connectivity index (χ2n) is 7.14. The summed E-state index contributed by atoms with van der Waals surface area (Å²) < 4.78 is 4.72. The lowest BCUT2D eigenvalue weighted by Crippen LogP contribution is -2.26. The van der Waals surface area contributed by atoms with Gasteiger partial charge >= 0.3 is 5.97 Å². The number of hydrogen-bond donors (Lipinski definition) is 2. The molecule has 29 heavy (non-hydrogen) atoms. The second-order valence-corrected chi connectivity index (χ2v) is 7.14. The lowest BCUT2D eigenvalue weighted by molar-refractivity contribution is -0.118. The standard InChI is InChI=1S/C22H27N3O4/c1-14(2)20(26)24-17-9-10-19(25(3)4)18(12-17)21(27)23-13-15-7-6-8-16(11-15)22(28)29-5/h6-12,14H,13H2,1-5H3,(H,23,27)(H,24,26). The molecule has 0 saturated heterocycles. The normalized spacial score (nSPS) is 10.4. The topological polar surface area (TPSA) is 87.7 Å². The van der Waals surface area contributed by atoms with E-state index in [2.05, 4.69) is 10.6 Å². The molecule has 0 bridgehead atoms. The van der Waals surface area contributed by atoms with Gasteiger partial charge < -0.3 is 20.3 Å². The number of rotatable bonds is 7. The van der Waals surface area contributed by atoms with Gasteiger partial charge in [-0.05, 0) is 35.9 Å². The van der Waals surface area contributed by atoms with Crippen molar-refractivity contribution in [3.8, 4) is 0 Å². The number of hydrogen-bond acceptors (Lipinski definition) is 5. The number of esters is 1. The monoisotopic (exact) mass is 397 g/mol. The van der Waals surface area contributed by atoms with Crippen molar-refractivity contribution in [1.82, 2.24) is 5.32 Å². The first-order valence-corrected chi connectivity index (χ1v) is 9.30. The van der Waals surface area contributed by atoms with Gasteiger partial charge in [0.05, 0.1) is 18.2 Å². The molecule has 2 rings (SSSR count). The van der Waals surface area contributed by atoms with Gasteiger partial charge in [-0.25, -0.2) is 4.79 Å². The third-order valence-corrected chi connectivity index (χ3v) is 4.32. The van der Waals surface area contributed by atoms with E-state index in [4.69, 9.17) is 4.74 Å². The fourth-order valence-corrected chi connectivity index (χ4v) is 2.68. The van der Waals surface area contributed by atoms with E-state index < -0.39 is 5.97 Å². The molecule has 0 aliphatic rings. The van der Waals surface area contributed by atoms with E-state index in [0.717, 1.165) is 11.3 Å². The van der Waals surface area contributed by atoms with Gasteiger partial charge in [0.1, 0.15) is 0 Å². The van der Waals surface area contributed by atoms with Crippen molar-refractivity contribution in [3.63, 3.8) is 0 Å². The Bertz CT molecular complexity index is 907. The summed E-state index contributed by atoms with van der Waals surface area (Å²) in [6.07, 6.45) is 0. The van der Waals surface area contributed by atoms with Gasteiger partial charge in [-0.1, -0.05) is 26.0 Å². The summed E-state index contributed by atoms with van der Waals surface area (Å²) >= 11 is 0. The number of carbonyl (C=O) groups excluding carboxylic acids is 3. The minimum absolute atomic E-state index is 0.117. The highest BCUT2D eigenvalue weighted by molar-refractivity contribution is 6.02. The van der Waals surface area contributed by atoms with Crippen LogP contribution in [0, 0.1) is 5.92 Å². The Kier molecular flexibility index (Phi) is 7.36. The summed E-state index contributed by atoms with van der Waals surface area (Å²) in [6.45, 7) is 3.86. The van der Waals surface area contributed by atoms with Crippen LogP contribution in [-0.4, -0.2) is 39.0 Å². The summed E-state index contributed by atoms with van der Waals surface area (Å²) in [5, 5.41) is 5.68. The highest BCUT2D eigenvalue weighted by Crippen LogP contribution is 2.23. The maximum absolute atomic E-state index is 12.8. The van der Waals surface area contributed by atoms with Gasteiger partial charge in [0.15, 0.2) is 0 Å². The summed E-state index contributed by atoms with van der Waals surface area (Å²) in [7, 11) is 5.02. The minimum Gasteiger partial charge on any atom is -0.465 e. The van der Waals surface area contributed by atoms with Crippen LogP contribution in [0.25, 0.3) is 0 Å². The third kappa shape index (κ3) is 5.81. The predicted octanol–water partition coefficient (Wildman–Crippen LogP) is 3.06. The second kappa shape index (κ2) is 9.73. The average molecular weight is 397 g/mol. The largest absolute Gasteiger partial charge is 0.465 e. The Balaban J connectivity index is 2.20. The van der Waals surface area contributed by atoms with E-state index in [-0.39, 0.29) is 24.3 Å². The molecule has 0 fully saturated rings. The minimum atomic E-state index is -0.429. The van der Waals surface area contributed by atoms with E-state index >= 15 is 0 Å². The molecule has 0 aliphatic heterocycles. The highest BCUT2D eigenvalue weighted by Gasteiger charge is 2.16. The molecule has 0 radical (unpaired) electrons. The van der Waals surface area contributed by atoms with Gasteiger partial charge in [-0.2, -0.15) is 0 Å². The fourth-order valence-electron chi connectivity index (χ4n) is 2.68. The molecule has 0 unspecified atom stereocenters. The van der Waals surface area contributed by atoms with Crippen LogP contribution in [0.2, 0.25) is 0 Å². The molecule has 0 saturated carbocycles. The predicted molar refractivity (Wildman–Crippen MR) is 113 cm³/mol. The van der Waals surface area contributed by atoms with Crippen molar-refractivity contribution in [2.45, 2.75) is 20.4 Å². The van der Waals surface area contributed by atoms with Crippen molar-refractivity contribution < 1.29 is 19.1 Å². The molecular weight excluding hydrogens is 370 g/mol. The zero-order valence-electron chi connectivity index (χ0n) is 17.4. The van der Waals surface area contributed by atoms with E-state index in [0.29, 0.717) is 16.8 Å². The van der Waals surface area contributed by atoms with Crippen LogP contribution in [-0.2, 0) is 16.1 Å². The van der Waals surface area contributed by atoms with Gasteiger partial charge in [-0.15, -0.1) is 0 Å². The van der Waals surface area contributed by atoms with Gasteiger partial charge in [0, 0.05) is 37.9 Å². The average Bonchev–Trinajstić information content (AvgIpc) is 2.71. The SMILES string of the molecule is COC(=O)c1cccc(CNC(=O)c2cc(NC(=O)C(C)C)ccc2N(C)C)c1. The quantitative estimate of drug-likeness (QED) is 0.701. The summed E-state index contributed by atoms with van der Waals surface area (Å²) in [5.41, 5.74) is 2.93. The van der Waals surface area contributed by atoms with E-state index in [1.807, 2.05) is 25.1 Å². The molecular formula is C22H27N3O4. The number of nitrogens with one attached hydrogen (secondary N) is 2. The van der Waals surface area contributed by atoms with Crippen LogP contribution in [0.15, 0.2) is 42.5 Å². The fraction of sp³-hybridized carbons (Fsp3) is 0.318. The number of benzene rings is 2. The van der Waals surface area contributed by atoms with Crippen LogP contribution in [0.1, 0.15) is 40.1 Å². The molecule has 2 aromatic rings. The van der Waals surface area contributed by atoms with Crippen molar-refractivity contribution in [2.75, 3.05) is 31.4 Å². The number of nitrogens with zero attached hydrogens (tertiary/aromatic N) is 1. The number of anilines is 2. The number of methoxy groups -OCH3 is 1. The molecule has 7 heteroatoms. The van der Waals surface area contributed by atoms with Gasteiger partial charge in [0.2, 0.25) is 5.91 Å². The first kappa shape index (κ1) is 21.9. The van der Waals surface area contributed by atoms with Crippen LogP contribution < -0.4 is 15.5 Å². The molecule has 0 atom stereocenters. The maximum Gasteiger partial charge on any atom is 0.337 e. The number of ether oxygens (including phenoxy) is 1. The Morgan fingerprint density at radius 3 is 2.41 bits per heavy atom. The summed E-state index contributed by atoms with van der Waals surface area (Å²) in [4.78, 5) is 38.3. The molecule has 154 valence electrons. The molecule has 0 spiro atoms. The first-order valence-electron chi connectivity index (χ1n) is 9.30. The Morgan fingerprint density at radius 2 is 1.79 bits per heavy atom. The maximum atomic E-state index is 12.8. The molecule has 2 amide bonds. The van der Waals surface area contributed by atoms with E-state index in [9.17, 15) is 14.4 Å². The Hall–Kier alpha value is -3.35. The molecule has 7 nitrogen and oxygen atoms in total.